The molecule has 0 atom stereocenters. The van der Waals surface area contributed by atoms with Crippen molar-refractivity contribution in [2.75, 3.05) is 0 Å². The first-order chi connectivity index (χ1) is 5.81. The number of hydrogen-bond acceptors (Lipinski definition) is 3. The zero-order valence-corrected chi connectivity index (χ0v) is 7.03. The lowest BCUT2D eigenvalue weighted by atomic mass is 9.92. The third kappa shape index (κ3) is 1.20. The van der Waals surface area contributed by atoms with Gasteiger partial charge in [0, 0.05) is 23.5 Å². The Morgan fingerprint density at radius 3 is 2.33 bits per heavy atom. The zero-order chi connectivity index (χ0) is 8.44. The molecule has 2 N–H and O–H groups in total. The topological polar surface area (TPSA) is 51.8 Å². The van der Waals surface area contributed by atoms with E-state index in [-0.39, 0.29) is 5.54 Å². The lowest BCUT2D eigenvalue weighted by Crippen LogP contribution is -2.33. The van der Waals surface area contributed by atoms with Crippen LogP contribution in [0.4, 0.5) is 0 Å². The van der Waals surface area contributed by atoms with E-state index in [1.807, 2.05) is 12.4 Å². The summed E-state index contributed by atoms with van der Waals surface area (Å²) < 4.78 is 0. The highest BCUT2D eigenvalue weighted by atomic mass is 14.8. The molecule has 0 bridgehead atoms. The van der Waals surface area contributed by atoms with Gasteiger partial charge in [-0.05, 0) is 12.8 Å². The summed E-state index contributed by atoms with van der Waals surface area (Å²) in [7, 11) is 0. The Labute approximate surface area is 72.0 Å². The highest BCUT2D eigenvalue weighted by molar-refractivity contribution is 5.17. The summed E-state index contributed by atoms with van der Waals surface area (Å²) in [5, 5.41) is 0. The molecule has 0 unspecified atom stereocenters. The molecule has 12 heavy (non-hydrogen) atoms. The van der Waals surface area contributed by atoms with Gasteiger partial charge in [-0.2, -0.15) is 0 Å². The first kappa shape index (κ1) is 7.68. The van der Waals surface area contributed by atoms with Gasteiger partial charge in [0.15, 0.2) is 0 Å². The predicted molar refractivity (Wildman–Crippen MR) is 46.4 cm³/mol. The molecule has 3 nitrogen and oxygen atoms in total. The maximum Gasteiger partial charge on any atom is 0.115 e. The second-order valence-corrected chi connectivity index (χ2v) is 3.49. The quantitative estimate of drug-likeness (QED) is 0.677. The smallest absolute Gasteiger partial charge is 0.115 e. The van der Waals surface area contributed by atoms with Crippen LogP contribution in [0.25, 0.3) is 0 Å². The van der Waals surface area contributed by atoms with Gasteiger partial charge >= 0.3 is 0 Å². The molecule has 3 heteroatoms. The molecular formula is C9H13N3. The summed E-state index contributed by atoms with van der Waals surface area (Å²) in [5.74, 6) is 0. The lowest BCUT2D eigenvalue weighted by Gasteiger charge is -2.22. The van der Waals surface area contributed by atoms with Crippen molar-refractivity contribution in [1.82, 2.24) is 9.97 Å². The molecule has 0 amide bonds. The molecule has 0 aliphatic heterocycles. The molecule has 0 spiro atoms. The van der Waals surface area contributed by atoms with Crippen molar-refractivity contribution in [2.45, 2.75) is 31.2 Å². The van der Waals surface area contributed by atoms with Crippen LogP contribution in [0.3, 0.4) is 0 Å². The summed E-state index contributed by atoms with van der Waals surface area (Å²) in [6, 6.07) is 0. The summed E-state index contributed by atoms with van der Waals surface area (Å²) in [5.41, 5.74) is 7.15. The van der Waals surface area contributed by atoms with Crippen molar-refractivity contribution in [3.05, 3.63) is 24.3 Å². The summed E-state index contributed by atoms with van der Waals surface area (Å²) >= 11 is 0. The molecule has 1 aromatic heterocycles. The monoisotopic (exact) mass is 163 g/mol. The SMILES string of the molecule is NC1(c2cncnc2)CCCC1. The van der Waals surface area contributed by atoms with Crippen molar-refractivity contribution in [2.24, 2.45) is 5.73 Å². The van der Waals surface area contributed by atoms with Gasteiger partial charge in [0.25, 0.3) is 0 Å². The molecule has 0 aromatic carbocycles. The molecule has 1 aromatic rings. The van der Waals surface area contributed by atoms with E-state index in [0.29, 0.717) is 0 Å². The average Bonchev–Trinajstić information content (AvgIpc) is 2.55. The lowest BCUT2D eigenvalue weighted by molar-refractivity contribution is 0.458. The Morgan fingerprint density at radius 2 is 1.75 bits per heavy atom. The second kappa shape index (κ2) is 2.83. The van der Waals surface area contributed by atoms with E-state index in [9.17, 15) is 0 Å². The van der Waals surface area contributed by atoms with E-state index in [2.05, 4.69) is 9.97 Å². The summed E-state index contributed by atoms with van der Waals surface area (Å²) in [6.45, 7) is 0. The van der Waals surface area contributed by atoms with Gasteiger partial charge in [-0.25, -0.2) is 9.97 Å². The van der Waals surface area contributed by atoms with Crippen LogP contribution in [0.1, 0.15) is 31.2 Å². The van der Waals surface area contributed by atoms with E-state index in [0.717, 1.165) is 18.4 Å². The molecule has 0 radical (unpaired) electrons. The number of aromatic nitrogens is 2. The zero-order valence-electron chi connectivity index (χ0n) is 7.03. The number of nitrogens with two attached hydrogens (primary N) is 1. The molecule has 1 heterocycles. The third-order valence-corrected chi connectivity index (χ3v) is 2.63. The molecule has 1 saturated carbocycles. The van der Waals surface area contributed by atoms with Crippen LogP contribution in [0, 0.1) is 0 Å². The first-order valence-corrected chi connectivity index (χ1v) is 4.36. The fraction of sp³-hybridized carbons (Fsp3) is 0.556. The Kier molecular flexibility index (Phi) is 1.81. The highest BCUT2D eigenvalue weighted by Crippen LogP contribution is 2.35. The van der Waals surface area contributed by atoms with Crippen molar-refractivity contribution >= 4 is 0 Å². The molecule has 1 aliphatic rings. The Bertz CT molecular complexity index is 252. The van der Waals surface area contributed by atoms with E-state index >= 15 is 0 Å². The first-order valence-electron chi connectivity index (χ1n) is 4.36. The summed E-state index contributed by atoms with van der Waals surface area (Å²) in [6.07, 6.45) is 9.80. The van der Waals surface area contributed by atoms with Gasteiger partial charge in [0.05, 0.1) is 0 Å². The van der Waals surface area contributed by atoms with Crippen LogP contribution in [-0.2, 0) is 5.54 Å². The standard InChI is InChI=1S/C9H13N3/c10-9(3-1-2-4-9)8-5-11-7-12-6-8/h5-7H,1-4,10H2. The molecule has 2 rings (SSSR count). The van der Waals surface area contributed by atoms with Crippen molar-refractivity contribution in [3.8, 4) is 0 Å². The van der Waals surface area contributed by atoms with Crippen LogP contribution >= 0.6 is 0 Å². The third-order valence-electron chi connectivity index (χ3n) is 2.63. The van der Waals surface area contributed by atoms with Crippen LogP contribution in [0.2, 0.25) is 0 Å². The number of hydrogen-bond donors (Lipinski definition) is 1. The van der Waals surface area contributed by atoms with E-state index < -0.39 is 0 Å². The fourth-order valence-corrected chi connectivity index (χ4v) is 1.85. The van der Waals surface area contributed by atoms with Crippen LogP contribution in [0.15, 0.2) is 18.7 Å². The summed E-state index contributed by atoms with van der Waals surface area (Å²) in [4.78, 5) is 7.97. The second-order valence-electron chi connectivity index (χ2n) is 3.49. The van der Waals surface area contributed by atoms with Crippen molar-refractivity contribution < 1.29 is 0 Å². The maximum absolute atomic E-state index is 6.20. The maximum atomic E-state index is 6.20. The van der Waals surface area contributed by atoms with Crippen LogP contribution in [-0.4, -0.2) is 9.97 Å². The molecular weight excluding hydrogens is 150 g/mol. The normalized spacial score (nSPS) is 21.1. The van der Waals surface area contributed by atoms with Gasteiger partial charge in [0.1, 0.15) is 6.33 Å². The Hall–Kier alpha value is -0.960. The van der Waals surface area contributed by atoms with Gasteiger partial charge in [-0.3, -0.25) is 0 Å². The van der Waals surface area contributed by atoms with E-state index in [1.165, 1.54) is 12.8 Å². The van der Waals surface area contributed by atoms with Crippen LogP contribution < -0.4 is 5.73 Å². The Morgan fingerprint density at radius 1 is 1.17 bits per heavy atom. The number of rotatable bonds is 1. The number of nitrogens with zero attached hydrogens (tertiary/aromatic N) is 2. The van der Waals surface area contributed by atoms with Crippen molar-refractivity contribution in [1.29, 1.82) is 0 Å². The molecule has 1 fully saturated rings. The minimum absolute atomic E-state index is 0.138. The minimum Gasteiger partial charge on any atom is -0.321 e. The average molecular weight is 163 g/mol. The van der Waals surface area contributed by atoms with Crippen molar-refractivity contribution in [3.63, 3.8) is 0 Å². The molecule has 0 saturated heterocycles. The van der Waals surface area contributed by atoms with E-state index in [4.69, 9.17) is 5.73 Å². The molecule has 1 aliphatic carbocycles. The van der Waals surface area contributed by atoms with Gasteiger partial charge in [-0.1, -0.05) is 12.8 Å². The van der Waals surface area contributed by atoms with E-state index in [1.54, 1.807) is 6.33 Å². The van der Waals surface area contributed by atoms with Gasteiger partial charge in [0.2, 0.25) is 0 Å². The van der Waals surface area contributed by atoms with Crippen LogP contribution in [0.5, 0.6) is 0 Å². The molecule has 64 valence electrons. The largest absolute Gasteiger partial charge is 0.321 e. The minimum atomic E-state index is -0.138. The van der Waals surface area contributed by atoms with Gasteiger partial charge in [-0.15, -0.1) is 0 Å². The Balaban J connectivity index is 2.29. The van der Waals surface area contributed by atoms with Gasteiger partial charge < -0.3 is 5.73 Å². The fourth-order valence-electron chi connectivity index (χ4n) is 1.85. The highest BCUT2D eigenvalue weighted by Gasteiger charge is 2.31. The predicted octanol–water partition coefficient (Wildman–Crippen LogP) is 1.20.